The highest BCUT2D eigenvalue weighted by atomic mass is 16.5. The largest absolute Gasteiger partial charge is 0.494 e. The van der Waals surface area contributed by atoms with Crippen molar-refractivity contribution in [2.75, 3.05) is 26.4 Å². The van der Waals surface area contributed by atoms with Crippen LogP contribution in [-0.4, -0.2) is 26.4 Å². The fraction of sp³-hybridized carbons (Fsp3) is 0.391. The molecule has 498 valence electrons. The van der Waals surface area contributed by atoms with Gasteiger partial charge in [0.2, 0.25) is 0 Å². The molecule has 2 saturated carbocycles. The summed E-state index contributed by atoms with van der Waals surface area (Å²) in [6.45, 7) is 11.8. The summed E-state index contributed by atoms with van der Waals surface area (Å²) >= 11 is 0. The Bertz CT molecular complexity index is 3710. The second kappa shape index (κ2) is 34.7. The molecule has 0 unspecified atom stereocenters. The van der Waals surface area contributed by atoms with Crippen LogP contribution < -0.4 is 18.9 Å². The fourth-order valence-electron chi connectivity index (χ4n) is 15.7. The molecular formula is C92H106O4. The lowest BCUT2D eigenvalue weighted by atomic mass is 9.77. The first kappa shape index (κ1) is 67.9. The van der Waals surface area contributed by atoms with Crippen LogP contribution >= 0.6 is 0 Å². The second-order valence-corrected chi connectivity index (χ2v) is 28.2. The zero-order valence-corrected chi connectivity index (χ0v) is 58.4. The van der Waals surface area contributed by atoms with E-state index in [-0.39, 0.29) is 0 Å². The lowest BCUT2D eigenvalue weighted by molar-refractivity contribution is 0.286. The molecule has 2 aliphatic rings. The van der Waals surface area contributed by atoms with Gasteiger partial charge in [0.25, 0.3) is 0 Å². The molecular weight excluding hydrogens is 1170 g/mol. The number of benzene rings is 10. The average Bonchev–Trinajstić information content (AvgIpc) is 0.755. The third-order valence-electron chi connectivity index (χ3n) is 21.2. The van der Waals surface area contributed by atoms with Crippen LogP contribution in [0.1, 0.15) is 203 Å². The summed E-state index contributed by atoms with van der Waals surface area (Å²) < 4.78 is 26.7. The van der Waals surface area contributed by atoms with Crippen molar-refractivity contribution in [2.24, 2.45) is 11.8 Å². The quantitative estimate of drug-likeness (QED) is 0.0384. The highest BCUT2D eigenvalue weighted by Crippen LogP contribution is 2.48. The Labute approximate surface area is 576 Å². The van der Waals surface area contributed by atoms with E-state index in [2.05, 4.69) is 234 Å². The molecule has 2 fully saturated rings. The number of rotatable bonds is 33. The SMILES string of the molecule is CCCc1ccc(-c2ccc(-c3ccc4c(-c5c(OCCCCCCOc6ccc(C7CCC(CCC)CC7)cc6)ccc6cc(-c7ccc(-c8ccc(CCC)cc8)cc7)ccc56)c(OCCCCCCOc5ccc(C6CCC(CCC)CC6)cc5)ccc4c3)cc2)cc1. The van der Waals surface area contributed by atoms with Crippen LogP contribution in [0.5, 0.6) is 23.0 Å². The van der Waals surface area contributed by atoms with E-state index >= 15 is 0 Å². The Kier molecular flexibility index (Phi) is 24.6. The van der Waals surface area contributed by atoms with Gasteiger partial charge in [-0.2, -0.15) is 0 Å². The Balaban J connectivity index is 0.768. The third kappa shape index (κ3) is 17.9. The summed E-state index contributed by atoms with van der Waals surface area (Å²) in [5.41, 5.74) is 17.6. The highest BCUT2D eigenvalue weighted by Gasteiger charge is 2.25. The third-order valence-corrected chi connectivity index (χ3v) is 21.2. The van der Waals surface area contributed by atoms with Crippen molar-refractivity contribution < 1.29 is 18.9 Å². The molecule has 4 nitrogen and oxygen atoms in total. The van der Waals surface area contributed by atoms with Crippen LogP contribution in [-0.2, 0) is 12.8 Å². The van der Waals surface area contributed by atoms with Gasteiger partial charge in [0.15, 0.2) is 0 Å². The van der Waals surface area contributed by atoms with E-state index in [0.29, 0.717) is 25.0 Å². The van der Waals surface area contributed by atoms with Gasteiger partial charge in [0, 0.05) is 11.1 Å². The number of unbranched alkanes of at least 4 members (excludes halogenated alkanes) is 6. The molecule has 0 spiro atoms. The minimum absolute atomic E-state index is 0.617. The van der Waals surface area contributed by atoms with Gasteiger partial charge in [-0.05, 0) is 276 Å². The molecule has 10 aromatic rings. The number of aryl methyl sites for hydroxylation is 2. The Morgan fingerprint density at radius 2 is 0.594 bits per heavy atom. The number of ether oxygens (including phenoxy) is 4. The summed E-state index contributed by atoms with van der Waals surface area (Å²) in [7, 11) is 0. The predicted octanol–water partition coefficient (Wildman–Crippen LogP) is 26.4. The van der Waals surface area contributed by atoms with E-state index in [0.717, 1.165) is 158 Å². The van der Waals surface area contributed by atoms with E-state index in [1.54, 1.807) is 0 Å². The lowest BCUT2D eigenvalue weighted by Crippen LogP contribution is -2.13. The van der Waals surface area contributed by atoms with Gasteiger partial charge in [-0.25, -0.2) is 0 Å². The number of fused-ring (bicyclic) bond motifs is 2. The first-order chi connectivity index (χ1) is 47.4. The van der Waals surface area contributed by atoms with Crippen LogP contribution in [0.15, 0.2) is 206 Å². The van der Waals surface area contributed by atoms with Gasteiger partial charge in [-0.3, -0.25) is 0 Å². The summed E-state index contributed by atoms with van der Waals surface area (Å²) in [6.07, 6.45) is 28.9. The van der Waals surface area contributed by atoms with Crippen molar-refractivity contribution in [3.63, 3.8) is 0 Å². The van der Waals surface area contributed by atoms with Crippen LogP contribution in [0.25, 0.3) is 77.2 Å². The molecule has 0 bridgehead atoms. The number of hydrogen-bond acceptors (Lipinski definition) is 4. The van der Waals surface area contributed by atoms with Gasteiger partial charge in [-0.1, -0.05) is 224 Å². The van der Waals surface area contributed by atoms with Gasteiger partial charge in [0.05, 0.1) is 26.4 Å². The molecule has 4 heteroatoms. The molecule has 0 aliphatic heterocycles. The van der Waals surface area contributed by atoms with E-state index in [1.165, 1.54) is 144 Å². The van der Waals surface area contributed by atoms with E-state index < -0.39 is 0 Å². The maximum absolute atomic E-state index is 7.07. The zero-order valence-electron chi connectivity index (χ0n) is 58.4. The Morgan fingerprint density at radius 3 is 0.927 bits per heavy atom. The molecule has 0 N–H and O–H groups in total. The minimum atomic E-state index is 0.617. The topological polar surface area (TPSA) is 36.9 Å². The highest BCUT2D eigenvalue weighted by molar-refractivity contribution is 6.11. The van der Waals surface area contributed by atoms with E-state index in [1.807, 2.05) is 0 Å². The van der Waals surface area contributed by atoms with Crippen molar-refractivity contribution in [1.82, 2.24) is 0 Å². The van der Waals surface area contributed by atoms with Crippen molar-refractivity contribution in [1.29, 1.82) is 0 Å². The molecule has 0 aromatic heterocycles. The average molecular weight is 1280 g/mol. The van der Waals surface area contributed by atoms with Crippen molar-refractivity contribution >= 4 is 21.5 Å². The van der Waals surface area contributed by atoms with Gasteiger partial charge in [0.1, 0.15) is 23.0 Å². The molecule has 0 atom stereocenters. The van der Waals surface area contributed by atoms with Crippen molar-refractivity contribution in [3.8, 4) is 78.6 Å². The molecule has 12 rings (SSSR count). The molecule has 2 aliphatic carbocycles. The van der Waals surface area contributed by atoms with Crippen LogP contribution in [0.3, 0.4) is 0 Å². The fourth-order valence-corrected chi connectivity index (χ4v) is 15.7. The summed E-state index contributed by atoms with van der Waals surface area (Å²) in [4.78, 5) is 0. The molecule has 0 radical (unpaired) electrons. The van der Waals surface area contributed by atoms with Crippen molar-refractivity contribution in [3.05, 3.63) is 229 Å². The van der Waals surface area contributed by atoms with E-state index in [9.17, 15) is 0 Å². The van der Waals surface area contributed by atoms with Crippen LogP contribution in [0.4, 0.5) is 0 Å². The number of hydrogen-bond donors (Lipinski definition) is 0. The van der Waals surface area contributed by atoms with Gasteiger partial charge >= 0.3 is 0 Å². The minimum Gasteiger partial charge on any atom is -0.494 e. The molecule has 0 heterocycles. The summed E-state index contributed by atoms with van der Waals surface area (Å²) in [6, 6.07) is 77.3. The van der Waals surface area contributed by atoms with Crippen LogP contribution in [0.2, 0.25) is 0 Å². The summed E-state index contributed by atoms with van der Waals surface area (Å²) in [5.74, 6) is 6.98. The first-order valence-electron chi connectivity index (χ1n) is 37.6. The first-order valence-corrected chi connectivity index (χ1v) is 37.6. The Hall–Kier alpha value is -8.08. The zero-order chi connectivity index (χ0) is 65.7. The monoisotopic (exact) mass is 1270 g/mol. The maximum atomic E-state index is 7.07. The van der Waals surface area contributed by atoms with Crippen molar-refractivity contribution in [2.45, 2.75) is 194 Å². The molecule has 10 aromatic carbocycles. The normalized spacial score (nSPS) is 16.4. The lowest BCUT2D eigenvalue weighted by Gasteiger charge is -2.28. The maximum Gasteiger partial charge on any atom is 0.127 e. The Morgan fingerprint density at radius 1 is 0.281 bits per heavy atom. The molecule has 96 heavy (non-hydrogen) atoms. The molecule has 0 amide bonds. The smallest absolute Gasteiger partial charge is 0.127 e. The predicted molar refractivity (Wildman–Crippen MR) is 408 cm³/mol. The van der Waals surface area contributed by atoms with Crippen LogP contribution in [0, 0.1) is 11.8 Å². The van der Waals surface area contributed by atoms with Gasteiger partial charge < -0.3 is 18.9 Å². The van der Waals surface area contributed by atoms with E-state index in [4.69, 9.17) is 18.9 Å². The standard InChI is InChI=1S/C92H106O4/c1-5-17-67-21-29-71(30-22-67)75-37-41-79(42-38-75)81-49-57-87-83(65-81)51-59-89(95-63-15-11-9-13-61-93-85-53-45-77(46-54-85)73-33-25-69(19-7-3)26-34-73)91(87)92-88-58-50-82(80-43-39-76(40-44-80)72-31-23-68(18-6-2)24-32-72)66-84(88)52-60-90(92)96-64-16-12-10-14-62-94-86-55-47-78(48-56-86)74-35-27-70(20-8-4)28-36-74/h21-24,29-32,37-60,65-66,69-70,73-74H,5-20,25-28,33-36,61-64H2,1-4H3. The van der Waals surface area contributed by atoms with Gasteiger partial charge in [-0.15, -0.1) is 0 Å². The second-order valence-electron chi connectivity index (χ2n) is 28.2. The summed E-state index contributed by atoms with van der Waals surface area (Å²) in [5, 5.41) is 4.62. The molecule has 0 saturated heterocycles.